The molecule has 0 aliphatic carbocycles. The first-order valence-electron chi connectivity index (χ1n) is 8.15. The molecule has 0 radical (unpaired) electrons. The van der Waals surface area contributed by atoms with E-state index in [4.69, 9.17) is 0 Å². The molecule has 1 saturated heterocycles. The molecule has 3 heteroatoms. The van der Waals surface area contributed by atoms with E-state index in [0.717, 1.165) is 5.92 Å². The molecule has 1 aliphatic rings. The molecule has 1 fully saturated rings. The molecule has 0 bridgehead atoms. The van der Waals surface area contributed by atoms with Crippen molar-refractivity contribution < 1.29 is 0 Å². The Hall–Kier alpha value is 0.400. The van der Waals surface area contributed by atoms with Crippen LogP contribution in [0.4, 0.5) is 0 Å². The van der Waals surface area contributed by atoms with Gasteiger partial charge in [0.2, 0.25) is 0 Å². The van der Waals surface area contributed by atoms with Crippen molar-refractivity contribution in [3.05, 3.63) is 0 Å². The number of likely N-dealkylation sites (tertiary alicyclic amines) is 1. The predicted molar refractivity (Wildman–Crippen MR) is 89.2 cm³/mol. The highest BCUT2D eigenvalue weighted by Crippen LogP contribution is 2.15. The third-order valence-electron chi connectivity index (χ3n) is 4.23. The lowest BCUT2D eigenvalue weighted by atomic mass is 10.1. The molecular formula is C16H33BrN2. The Labute approximate surface area is 129 Å². The fourth-order valence-corrected chi connectivity index (χ4v) is 3.46. The molecule has 1 heterocycles. The molecule has 114 valence electrons. The van der Waals surface area contributed by atoms with Crippen LogP contribution in [0.25, 0.3) is 0 Å². The third-order valence-corrected chi connectivity index (χ3v) is 4.79. The van der Waals surface area contributed by atoms with E-state index in [1.165, 1.54) is 82.9 Å². The molecule has 1 unspecified atom stereocenters. The van der Waals surface area contributed by atoms with Crippen molar-refractivity contribution in [2.24, 2.45) is 5.92 Å². The van der Waals surface area contributed by atoms with E-state index >= 15 is 0 Å². The van der Waals surface area contributed by atoms with Crippen LogP contribution < -0.4 is 0 Å². The highest BCUT2D eigenvalue weighted by atomic mass is 79.9. The Morgan fingerprint density at radius 1 is 1.05 bits per heavy atom. The molecule has 0 aromatic rings. The fourth-order valence-electron chi connectivity index (χ4n) is 3.07. The van der Waals surface area contributed by atoms with Crippen LogP contribution >= 0.6 is 15.9 Å². The van der Waals surface area contributed by atoms with Gasteiger partial charge >= 0.3 is 0 Å². The molecule has 0 spiro atoms. The van der Waals surface area contributed by atoms with Crippen LogP contribution in [0.3, 0.4) is 0 Å². The maximum absolute atomic E-state index is 3.49. The molecule has 0 aromatic heterocycles. The maximum atomic E-state index is 3.49. The van der Waals surface area contributed by atoms with Crippen molar-refractivity contribution in [2.45, 2.75) is 51.4 Å². The van der Waals surface area contributed by atoms with Crippen LogP contribution in [0.15, 0.2) is 0 Å². The lowest BCUT2D eigenvalue weighted by Gasteiger charge is -2.20. The molecule has 1 rings (SSSR count). The number of nitrogens with zero attached hydrogens (tertiary/aromatic N) is 2. The van der Waals surface area contributed by atoms with Gasteiger partial charge in [0.15, 0.2) is 0 Å². The summed E-state index contributed by atoms with van der Waals surface area (Å²) in [6.07, 6.45) is 11.2. The quantitative estimate of drug-likeness (QED) is 0.417. The van der Waals surface area contributed by atoms with Crippen LogP contribution in [-0.4, -0.2) is 55.4 Å². The number of unbranched alkanes of at least 4 members (excludes halogenated alkanes) is 6. The Morgan fingerprint density at radius 2 is 1.68 bits per heavy atom. The lowest BCUT2D eigenvalue weighted by molar-refractivity contribution is 0.268. The second kappa shape index (κ2) is 11.1. The fraction of sp³-hybridized carbons (Fsp3) is 1.00. The number of halogens is 1. The molecular weight excluding hydrogens is 300 g/mol. The maximum Gasteiger partial charge on any atom is 0.00313 e. The largest absolute Gasteiger partial charge is 0.306 e. The Balaban J connectivity index is 1.86. The van der Waals surface area contributed by atoms with E-state index in [2.05, 4.69) is 39.8 Å². The zero-order valence-electron chi connectivity index (χ0n) is 13.0. The summed E-state index contributed by atoms with van der Waals surface area (Å²) in [4.78, 5) is 5.01. The minimum atomic E-state index is 0.916. The van der Waals surface area contributed by atoms with E-state index in [1.54, 1.807) is 0 Å². The van der Waals surface area contributed by atoms with Gasteiger partial charge in [-0.15, -0.1) is 0 Å². The molecule has 19 heavy (non-hydrogen) atoms. The monoisotopic (exact) mass is 332 g/mol. The van der Waals surface area contributed by atoms with E-state index in [9.17, 15) is 0 Å². The van der Waals surface area contributed by atoms with Crippen molar-refractivity contribution >= 4 is 15.9 Å². The number of rotatable bonds is 11. The van der Waals surface area contributed by atoms with Crippen LogP contribution in [0, 0.1) is 5.92 Å². The van der Waals surface area contributed by atoms with Gasteiger partial charge in [-0.25, -0.2) is 0 Å². The summed E-state index contributed by atoms with van der Waals surface area (Å²) in [5.41, 5.74) is 0. The molecule has 0 saturated carbocycles. The lowest BCUT2D eigenvalue weighted by Crippen LogP contribution is -2.28. The van der Waals surface area contributed by atoms with Gasteiger partial charge in [-0.2, -0.15) is 0 Å². The highest BCUT2D eigenvalue weighted by molar-refractivity contribution is 9.09. The van der Waals surface area contributed by atoms with Crippen LogP contribution in [0.5, 0.6) is 0 Å². The van der Waals surface area contributed by atoms with Crippen molar-refractivity contribution in [3.63, 3.8) is 0 Å². The number of hydrogen-bond acceptors (Lipinski definition) is 2. The standard InChI is InChI=1S/C16H33BrN2/c1-18(14-16-10-13-19(2)15-16)12-9-7-5-3-4-6-8-11-17/h16H,3-15H2,1-2H3. The molecule has 0 N–H and O–H groups in total. The Kier molecular flexibility index (Phi) is 10.2. The molecule has 1 atom stereocenters. The van der Waals surface area contributed by atoms with E-state index in [1.807, 2.05) is 0 Å². The van der Waals surface area contributed by atoms with Crippen LogP contribution in [0.1, 0.15) is 51.4 Å². The van der Waals surface area contributed by atoms with Crippen molar-refractivity contribution in [1.29, 1.82) is 0 Å². The highest BCUT2D eigenvalue weighted by Gasteiger charge is 2.20. The van der Waals surface area contributed by atoms with E-state index in [0.29, 0.717) is 0 Å². The summed E-state index contributed by atoms with van der Waals surface area (Å²) in [6.45, 7) is 5.20. The SMILES string of the molecule is CN(CCCCCCCCCBr)CC1CCN(C)C1. The van der Waals surface area contributed by atoms with Gasteiger partial charge in [-0.3, -0.25) is 0 Å². The summed E-state index contributed by atoms with van der Waals surface area (Å²) < 4.78 is 0. The second-order valence-electron chi connectivity index (χ2n) is 6.34. The molecule has 0 aromatic carbocycles. The van der Waals surface area contributed by atoms with Crippen molar-refractivity contribution in [1.82, 2.24) is 9.80 Å². The van der Waals surface area contributed by atoms with Gasteiger partial charge in [0.25, 0.3) is 0 Å². The zero-order chi connectivity index (χ0) is 13.9. The minimum absolute atomic E-state index is 0.916. The van der Waals surface area contributed by atoms with Crippen LogP contribution in [0.2, 0.25) is 0 Å². The van der Waals surface area contributed by atoms with Gasteiger partial charge in [0.05, 0.1) is 0 Å². The summed E-state index contributed by atoms with van der Waals surface area (Å²) >= 11 is 3.49. The first kappa shape index (κ1) is 17.5. The smallest absolute Gasteiger partial charge is 0.00313 e. The van der Waals surface area contributed by atoms with Gasteiger partial charge < -0.3 is 9.80 Å². The molecule has 1 aliphatic heterocycles. The minimum Gasteiger partial charge on any atom is -0.306 e. The van der Waals surface area contributed by atoms with Crippen molar-refractivity contribution in [3.8, 4) is 0 Å². The Bertz CT molecular complexity index is 211. The average Bonchev–Trinajstić information content (AvgIpc) is 2.78. The van der Waals surface area contributed by atoms with E-state index < -0.39 is 0 Å². The van der Waals surface area contributed by atoms with Gasteiger partial charge in [-0.05, 0) is 52.4 Å². The first-order chi connectivity index (χ1) is 9.22. The third kappa shape index (κ3) is 9.04. The zero-order valence-corrected chi connectivity index (χ0v) is 14.6. The van der Waals surface area contributed by atoms with E-state index in [-0.39, 0.29) is 0 Å². The Morgan fingerprint density at radius 3 is 2.26 bits per heavy atom. The van der Waals surface area contributed by atoms with Crippen LogP contribution in [-0.2, 0) is 0 Å². The first-order valence-corrected chi connectivity index (χ1v) is 9.27. The number of hydrogen-bond donors (Lipinski definition) is 0. The summed E-state index contributed by atoms with van der Waals surface area (Å²) in [6, 6.07) is 0. The molecule has 2 nitrogen and oxygen atoms in total. The number of alkyl halides is 1. The summed E-state index contributed by atoms with van der Waals surface area (Å²) in [5, 5.41) is 1.17. The molecule has 0 amide bonds. The van der Waals surface area contributed by atoms with Gasteiger partial charge in [-0.1, -0.05) is 48.0 Å². The second-order valence-corrected chi connectivity index (χ2v) is 7.14. The van der Waals surface area contributed by atoms with Gasteiger partial charge in [0, 0.05) is 18.4 Å². The predicted octanol–water partition coefficient (Wildman–Crippen LogP) is 4.00. The summed E-state index contributed by atoms with van der Waals surface area (Å²) in [7, 11) is 4.55. The topological polar surface area (TPSA) is 6.48 Å². The summed E-state index contributed by atoms with van der Waals surface area (Å²) in [5.74, 6) is 0.916. The average molecular weight is 333 g/mol. The normalized spacial score (nSPS) is 20.5. The van der Waals surface area contributed by atoms with Gasteiger partial charge in [0.1, 0.15) is 0 Å². The van der Waals surface area contributed by atoms with Crippen molar-refractivity contribution in [2.75, 3.05) is 45.6 Å².